The molecule has 0 unspecified atom stereocenters. The molecule has 0 aliphatic rings. The first kappa shape index (κ1) is 15.3. The number of fused-ring (bicyclic) bond motifs is 1. The molecule has 2 heterocycles. The highest BCUT2D eigenvalue weighted by molar-refractivity contribution is 14.1. The van der Waals surface area contributed by atoms with Crippen LogP contribution in [0.5, 0.6) is 11.5 Å². The topological polar surface area (TPSA) is 56.3 Å². The highest BCUT2D eigenvalue weighted by Gasteiger charge is 2.09. The predicted octanol–water partition coefficient (Wildman–Crippen LogP) is 3.93. The molecule has 0 saturated heterocycles. The van der Waals surface area contributed by atoms with Crippen molar-refractivity contribution in [3.63, 3.8) is 0 Å². The molecule has 2 aromatic heterocycles. The second kappa shape index (κ2) is 6.66. The van der Waals surface area contributed by atoms with Crippen molar-refractivity contribution in [2.24, 2.45) is 0 Å². The highest BCUT2D eigenvalue weighted by Crippen LogP contribution is 2.31. The number of hydrogen-bond donors (Lipinski definition) is 1. The molecule has 0 bridgehead atoms. The standard InChI is InChI=1S/C15H14IN3O2S/c1-20-10-4-3-9(12(5-10)21-2)7-17-15-14-11(18-8-19-15)6-13(16)22-14/h3-6,8H,7H2,1-2H3,(H,17,18,19). The van der Waals surface area contributed by atoms with E-state index in [9.17, 15) is 0 Å². The zero-order valence-corrected chi connectivity index (χ0v) is 15.1. The number of nitrogens with one attached hydrogen (secondary N) is 1. The first-order chi connectivity index (χ1) is 10.7. The summed E-state index contributed by atoms with van der Waals surface area (Å²) in [6.07, 6.45) is 1.58. The number of nitrogens with zero attached hydrogens (tertiary/aromatic N) is 2. The fourth-order valence-corrected chi connectivity index (χ4v) is 3.89. The number of hydrogen-bond acceptors (Lipinski definition) is 6. The molecule has 1 aromatic carbocycles. The Hall–Kier alpha value is -1.61. The molecular weight excluding hydrogens is 413 g/mol. The van der Waals surface area contributed by atoms with E-state index in [-0.39, 0.29) is 0 Å². The van der Waals surface area contributed by atoms with Crippen LogP contribution >= 0.6 is 33.9 Å². The number of rotatable bonds is 5. The molecule has 0 fully saturated rings. The molecule has 7 heteroatoms. The van der Waals surface area contributed by atoms with Gasteiger partial charge in [-0.2, -0.15) is 0 Å². The van der Waals surface area contributed by atoms with Crippen molar-refractivity contribution in [2.45, 2.75) is 6.54 Å². The Kier molecular flexibility index (Phi) is 4.63. The van der Waals surface area contributed by atoms with Gasteiger partial charge in [0.1, 0.15) is 23.6 Å². The van der Waals surface area contributed by atoms with Crippen molar-refractivity contribution in [1.29, 1.82) is 0 Å². The van der Waals surface area contributed by atoms with Gasteiger partial charge >= 0.3 is 0 Å². The summed E-state index contributed by atoms with van der Waals surface area (Å²) in [6.45, 7) is 0.619. The van der Waals surface area contributed by atoms with Gasteiger partial charge in [-0.05, 0) is 40.8 Å². The number of methoxy groups -OCH3 is 2. The SMILES string of the molecule is COc1ccc(CNc2ncnc3cc(I)sc23)c(OC)c1. The number of anilines is 1. The normalized spacial score (nSPS) is 10.7. The zero-order valence-electron chi connectivity index (χ0n) is 12.1. The summed E-state index contributed by atoms with van der Waals surface area (Å²) in [5, 5.41) is 3.36. The minimum atomic E-state index is 0.619. The van der Waals surface area contributed by atoms with Crippen molar-refractivity contribution >= 4 is 50.0 Å². The van der Waals surface area contributed by atoms with Gasteiger partial charge in [-0.25, -0.2) is 9.97 Å². The van der Waals surface area contributed by atoms with Gasteiger partial charge in [0.2, 0.25) is 0 Å². The van der Waals surface area contributed by atoms with E-state index < -0.39 is 0 Å². The quantitative estimate of drug-likeness (QED) is 0.626. The summed E-state index contributed by atoms with van der Waals surface area (Å²) in [7, 11) is 3.30. The molecule has 114 valence electrons. The summed E-state index contributed by atoms with van der Waals surface area (Å²) in [5.74, 6) is 2.41. The zero-order chi connectivity index (χ0) is 15.5. The third-order valence-electron chi connectivity index (χ3n) is 3.22. The lowest BCUT2D eigenvalue weighted by Gasteiger charge is -2.11. The molecule has 0 aliphatic carbocycles. The fraction of sp³-hybridized carbons (Fsp3) is 0.200. The number of benzene rings is 1. The molecule has 0 aliphatic heterocycles. The molecule has 5 nitrogen and oxygen atoms in total. The third-order valence-corrected chi connectivity index (χ3v) is 5.11. The van der Waals surface area contributed by atoms with E-state index in [1.54, 1.807) is 31.9 Å². The van der Waals surface area contributed by atoms with Gasteiger partial charge in [0, 0.05) is 18.2 Å². The van der Waals surface area contributed by atoms with Crippen molar-refractivity contribution in [3.05, 3.63) is 39.0 Å². The first-order valence-corrected chi connectivity index (χ1v) is 8.45. The van der Waals surface area contributed by atoms with Crippen molar-refractivity contribution in [1.82, 2.24) is 9.97 Å². The summed E-state index contributed by atoms with van der Waals surface area (Å²) in [6, 6.07) is 7.84. The lowest BCUT2D eigenvalue weighted by Crippen LogP contribution is -2.03. The number of ether oxygens (including phenoxy) is 2. The maximum Gasteiger partial charge on any atom is 0.147 e. The van der Waals surface area contributed by atoms with Crippen LogP contribution in [-0.4, -0.2) is 24.2 Å². The van der Waals surface area contributed by atoms with Gasteiger partial charge in [-0.15, -0.1) is 11.3 Å². The maximum atomic E-state index is 5.42. The van der Waals surface area contributed by atoms with E-state index in [1.807, 2.05) is 18.2 Å². The minimum absolute atomic E-state index is 0.619. The molecule has 0 spiro atoms. The Labute approximate surface area is 145 Å². The second-order valence-electron chi connectivity index (χ2n) is 4.52. The van der Waals surface area contributed by atoms with E-state index >= 15 is 0 Å². The van der Waals surface area contributed by atoms with Crippen LogP contribution in [-0.2, 0) is 6.54 Å². The molecule has 1 N–H and O–H groups in total. The van der Waals surface area contributed by atoms with E-state index in [0.717, 1.165) is 33.1 Å². The van der Waals surface area contributed by atoms with Crippen molar-refractivity contribution < 1.29 is 9.47 Å². The molecule has 3 rings (SSSR count). The van der Waals surface area contributed by atoms with Crippen LogP contribution in [0.25, 0.3) is 10.2 Å². The average molecular weight is 427 g/mol. The van der Waals surface area contributed by atoms with Crippen LogP contribution in [0.2, 0.25) is 0 Å². The maximum absolute atomic E-state index is 5.42. The number of aromatic nitrogens is 2. The van der Waals surface area contributed by atoms with Crippen molar-refractivity contribution in [3.8, 4) is 11.5 Å². The van der Waals surface area contributed by atoms with Gasteiger partial charge in [0.05, 0.1) is 27.3 Å². The van der Waals surface area contributed by atoms with Gasteiger partial charge in [0.15, 0.2) is 0 Å². The summed E-state index contributed by atoms with van der Waals surface area (Å²) >= 11 is 3.98. The number of halogens is 1. The van der Waals surface area contributed by atoms with Crippen LogP contribution in [0.4, 0.5) is 5.82 Å². The van der Waals surface area contributed by atoms with Crippen LogP contribution in [0, 0.1) is 2.88 Å². The predicted molar refractivity (Wildman–Crippen MR) is 97.0 cm³/mol. The Morgan fingerprint density at radius 1 is 1.18 bits per heavy atom. The van der Waals surface area contributed by atoms with E-state index in [0.29, 0.717) is 6.54 Å². The lowest BCUT2D eigenvalue weighted by molar-refractivity contribution is 0.391. The van der Waals surface area contributed by atoms with Crippen LogP contribution in [0.1, 0.15) is 5.56 Å². The first-order valence-electron chi connectivity index (χ1n) is 6.56. The van der Waals surface area contributed by atoms with Gasteiger partial charge < -0.3 is 14.8 Å². The third kappa shape index (κ3) is 3.09. The van der Waals surface area contributed by atoms with Crippen molar-refractivity contribution in [2.75, 3.05) is 19.5 Å². The molecule has 0 saturated carbocycles. The Bertz CT molecular complexity index is 807. The summed E-state index contributed by atoms with van der Waals surface area (Å²) in [4.78, 5) is 8.63. The Morgan fingerprint density at radius 3 is 2.82 bits per heavy atom. The van der Waals surface area contributed by atoms with Gasteiger partial charge in [-0.1, -0.05) is 0 Å². The minimum Gasteiger partial charge on any atom is -0.497 e. The van der Waals surface area contributed by atoms with Gasteiger partial charge in [-0.3, -0.25) is 0 Å². The van der Waals surface area contributed by atoms with E-state index in [1.165, 1.54) is 2.88 Å². The molecule has 0 amide bonds. The van der Waals surface area contributed by atoms with Crippen LogP contribution < -0.4 is 14.8 Å². The fourth-order valence-electron chi connectivity index (χ4n) is 2.13. The molecule has 22 heavy (non-hydrogen) atoms. The molecular formula is C15H14IN3O2S. The lowest BCUT2D eigenvalue weighted by atomic mass is 10.2. The Balaban J connectivity index is 1.85. The second-order valence-corrected chi connectivity index (χ2v) is 7.46. The molecule has 0 radical (unpaired) electrons. The summed E-state index contributed by atoms with van der Waals surface area (Å²) in [5.41, 5.74) is 2.01. The monoisotopic (exact) mass is 427 g/mol. The van der Waals surface area contributed by atoms with E-state index in [4.69, 9.17) is 9.47 Å². The van der Waals surface area contributed by atoms with E-state index in [2.05, 4.69) is 43.9 Å². The smallest absolute Gasteiger partial charge is 0.147 e. The molecule has 3 aromatic rings. The van der Waals surface area contributed by atoms with Crippen LogP contribution in [0.15, 0.2) is 30.6 Å². The summed E-state index contributed by atoms with van der Waals surface area (Å²) < 4.78 is 12.9. The Morgan fingerprint density at radius 2 is 2.05 bits per heavy atom. The highest BCUT2D eigenvalue weighted by atomic mass is 127. The molecule has 0 atom stereocenters. The average Bonchev–Trinajstić information content (AvgIpc) is 2.93. The number of thiophene rings is 1. The van der Waals surface area contributed by atoms with Crippen LogP contribution in [0.3, 0.4) is 0 Å². The largest absolute Gasteiger partial charge is 0.497 e. The van der Waals surface area contributed by atoms with Gasteiger partial charge in [0.25, 0.3) is 0 Å².